The van der Waals surface area contributed by atoms with Crippen molar-refractivity contribution in [2.45, 2.75) is 19.9 Å². The minimum atomic E-state index is 0.0778. The Morgan fingerprint density at radius 1 is 1.50 bits per heavy atom. The van der Waals surface area contributed by atoms with Crippen molar-refractivity contribution in [1.29, 1.82) is 0 Å². The van der Waals surface area contributed by atoms with Gasteiger partial charge < -0.3 is 10.2 Å². The first-order valence-electron chi connectivity index (χ1n) is 5.48. The van der Waals surface area contributed by atoms with Gasteiger partial charge in [-0.05, 0) is 18.1 Å². The van der Waals surface area contributed by atoms with E-state index in [4.69, 9.17) is 0 Å². The summed E-state index contributed by atoms with van der Waals surface area (Å²) in [5, 5.41) is 3.10. The standard InChI is InChI=1S/C12H19N3O/c1-4-10-6-5-7-14-11(10)8-13-9-12(16)15(2)3/h5-7,13H,4,8-9H2,1-3H3. The molecule has 0 saturated carbocycles. The molecule has 1 aromatic heterocycles. The lowest BCUT2D eigenvalue weighted by molar-refractivity contribution is -0.127. The highest BCUT2D eigenvalue weighted by Gasteiger charge is 2.04. The van der Waals surface area contributed by atoms with Gasteiger partial charge >= 0.3 is 0 Å². The lowest BCUT2D eigenvalue weighted by Gasteiger charge is -2.11. The second kappa shape index (κ2) is 6.23. The third-order valence-corrected chi connectivity index (χ3v) is 2.43. The number of likely N-dealkylation sites (N-methyl/N-ethyl adjacent to an activating group) is 1. The van der Waals surface area contributed by atoms with E-state index in [0.29, 0.717) is 13.1 Å². The van der Waals surface area contributed by atoms with Gasteiger partial charge in [0.15, 0.2) is 0 Å². The van der Waals surface area contributed by atoms with Crippen molar-refractivity contribution in [3.05, 3.63) is 29.6 Å². The zero-order chi connectivity index (χ0) is 12.0. The molecule has 1 amide bonds. The Bertz CT molecular complexity index is 350. The monoisotopic (exact) mass is 221 g/mol. The van der Waals surface area contributed by atoms with Gasteiger partial charge in [-0.2, -0.15) is 0 Å². The van der Waals surface area contributed by atoms with Crippen LogP contribution < -0.4 is 5.32 Å². The van der Waals surface area contributed by atoms with E-state index < -0.39 is 0 Å². The SMILES string of the molecule is CCc1cccnc1CNCC(=O)N(C)C. The normalized spacial score (nSPS) is 10.2. The molecule has 0 aliphatic rings. The first kappa shape index (κ1) is 12.6. The number of rotatable bonds is 5. The lowest BCUT2D eigenvalue weighted by atomic mass is 10.1. The molecule has 1 aromatic rings. The van der Waals surface area contributed by atoms with Crippen LogP contribution in [-0.4, -0.2) is 36.4 Å². The second-order valence-electron chi connectivity index (χ2n) is 3.85. The molecule has 0 aliphatic carbocycles. The molecule has 0 bridgehead atoms. The molecule has 0 radical (unpaired) electrons. The number of nitrogens with zero attached hydrogens (tertiary/aromatic N) is 2. The van der Waals surface area contributed by atoms with Crippen LogP contribution in [0.5, 0.6) is 0 Å². The van der Waals surface area contributed by atoms with Crippen LogP contribution >= 0.6 is 0 Å². The molecule has 0 spiro atoms. The van der Waals surface area contributed by atoms with Gasteiger partial charge in [-0.15, -0.1) is 0 Å². The molecule has 0 unspecified atom stereocenters. The van der Waals surface area contributed by atoms with Gasteiger partial charge in [-0.3, -0.25) is 9.78 Å². The summed E-state index contributed by atoms with van der Waals surface area (Å²) in [4.78, 5) is 17.2. The number of pyridine rings is 1. The molecule has 16 heavy (non-hydrogen) atoms. The highest BCUT2D eigenvalue weighted by molar-refractivity contribution is 5.77. The van der Waals surface area contributed by atoms with E-state index in [-0.39, 0.29) is 5.91 Å². The van der Waals surface area contributed by atoms with E-state index in [0.717, 1.165) is 12.1 Å². The molecular formula is C12H19N3O. The third-order valence-electron chi connectivity index (χ3n) is 2.43. The number of carbonyl (C=O) groups excluding carboxylic acids is 1. The molecule has 1 heterocycles. The molecule has 4 heteroatoms. The van der Waals surface area contributed by atoms with Gasteiger partial charge in [0.2, 0.25) is 5.91 Å². The van der Waals surface area contributed by atoms with Crippen molar-refractivity contribution in [3.63, 3.8) is 0 Å². The Morgan fingerprint density at radius 3 is 2.88 bits per heavy atom. The number of aryl methyl sites for hydroxylation is 1. The summed E-state index contributed by atoms with van der Waals surface area (Å²) in [6, 6.07) is 4.01. The summed E-state index contributed by atoms with van der Waals surface area (Å²) >= 11 is 0. The highest BCUT2D eigenvalue weighted by atomic mass is 16.2. The van der Waals surface area contributed by atoms with E-state index in [1.54, 1.807) is 25.2 Å². The van der Waals surface area contributed by atoms with Gasteiger partial charge in [0.05, 0.1) is 12.2 Å². The summed E-state index contributed by atoms with van der Waals surface area (Å²) in [5.41, 5.74) is 2.25. The number of aromatic nitrogens is 1. The topological polar surface area (TPSA) is 45.2 Å². The predicted octanol–water partition coefficient (Wildman–Crippen LogP) is 0.822. The molecule has 0 atom stereocenters. The highest BCUT2D eigenvalue weighted by Crippen LogP contribution is 2.05. The average molecular weight is 221 g/mol. The lowest BCUT2D eigenvalue weighted by Crippen LogP contribution is -2.32. The maximum absolute atomic E-state index is 11.3. The van der Waals surface area contributed by atoms with Crippen LogP contribution in [0.4, 0.5) is 0 Å². The summed E-state index contributed by atoms with van der Waals surface area (Å²) in [7, 11) is 3.50. The summed E-state index contributed by atoms with van der Waals surface area (Å²) < 4.78 is 0. The summed E-state index contributed by atoms with van der Waals surface area (Å²) in [6.07, 6.45) is 2.75. The van der Waals surface area contributed by atoms with Crippen LogP contribution in [0.25, 0.3) is 0 Å². The average Bonchev–Trinajstić information content (AvgIpc) is 2.29. The smallest absolute Gasteiger partial charge is 0.236 e. The van der Waals surface area contributed by atoms with Crippen LogP contribution in [-0.2, 0) is 17.8 Å². The van der Waals surface area contributed by atoms with E-state index in [1.165, 1.54) is 5.56 Å². The van der Waals surface area contributed by atoms with Gasteiger partial charge in [-0.1, -0.05) is 13.0 Å². The van der Waals surface area contributed by atoms with Gasteiger partial charge in [0.1, 0.15) is 0 Å². The second-order valence-corrected chi connectivity index (χ2v) is 3.85. The molecule has 0 aromatic carbocycles. The molecule has 4 nitrogen and oxygen atoms in total. The van der Waals surface area contributed by atoms with Crippen LogP contribution in [0.15, 0.2) is 18.3 Å². The zero-order valence-corrected chi connectivity index (χ0v) is 10.2. The van der Waals surface area contributed by atoms with Crippen molar-refractivity contribution in [1.82, 2.24) is 15.2 Å². The van der Waals surface area contributed by atoms with E-state index >= 15 is 0 Å². The molecular weight excluding hydrogens is 202 g/mol. The van der Waals surface area contributed by atoms with Crippen LogP contribution in [0.3, 0.4) is 0 Å². The van der Waals surface area contributed by atoms with Gasteiger partial charge in [0.25, 0.3) is 0 Å². The Balaban J connectivity index is 2.45. The third kappa shape index (κ3) is 3.62. The van der Waals surface area contributed by atoms with Crippen molar-refractivity contribution in [2.24, 2.45) is 0 Å². The zero-order valence-electron chi connectivity index (χ0n) is 10.2. The molecule has 88 valence electrons. The maximum Gasteiger partial charge on any atom is 0.236 e. The maximum atomic E-state index is 11.3. The Labute approximate surface area is 96.7 Å². The first-order valence-corrected chi connectivity index (χ1v) is 5.48. The van der Waals surface area contributed by atoms with E-state index in [2.05, 4.69) is 23.3 Å². The number of hydrogen-bond acceptors (Lipinski definition) is 3. The minimum absolute atomic E-state index is 0.0778. The number of hydrogen-bond donors (Lipinski definition) is 1. The van der Waals surface area contributed by atoms with Crippen molar-refractivity contribution in [3.8, 4) is 0 Å². The predicted molar refractivity (Wildman–Crippen MR) is 64.0 cm³/mol. The number of nitrogens with one attached hydrogen (secondary N) is 1. The Kier molecular flexibility index (Phi) is 4.92. The van der Waals surface area contributed by atoms with Gasteiger partial charge in [0, 0.05) is 26.8 Å². The van der Waals surface area contributed by atoms with Crippen molar-refractivity contribution >= 4 is 5.91 Å². The fourth-order valence-electron chi connectivity index (χ4n) is 1.40. The van der Waals surface area contributed by atoms with E-state index in [1.807, 2.05) is 6.07 Å². The molecule has 0 saturated heterocycles. The molecule has 1 N–H and O–H groups in total. The van der Waals surface area contributed by atoms with Crippen molar-refractivity contribution in [2.75, 3.05) is 20.6 Å². The molecule has 0 fully saturated rings. The quantitative estimate of drug-likeness (QED) is 0.800. The minimum Gasteiger partial charge on any atom is -0.348 e. The van der Waals surface area contributed by atoms with Crippen LogP contribution in [0, 0.1) is 0 Å². The van der Waals surface area contributed by atoms with Crippen LogP contribution in [0.2, 0.25) is 0 Å². The van der Waals surface area contributed by atoms with Crippen LogP contribution in [0.1, 0.15) is 18.2 Å². The molecule has 0 aliphatic heterocycles. The van der Waals surface area contributed by atoms with Crippen molar-refractivity contribution < 1.29 is 4.79 Å². The fraction of sp³-hybridized carbons (Fsp3) is 0.500. The number of carbonyl (C=O) groups is 1. The largest absolute Gasteiger partial charge is 0.348 e. The Morgan fingerprint density at radius 2 is 2.25 bits per heavy atom. The van der Waals surface area contributed by atoms with Gasteiger partial charge in [-0.25, -0.2) is 0 Å². The summed E-state index contributed by atoms with van der Waals surface area (Å²) in [5.74, 6) is 0.0778. The summed E-state index contributed by atoms with van der Waals surface area (Å²) in [6.45, 7) is 3.10. The Hall–Kier alpha value is -1.42. The fourth-order valence-corrected chi connectivity index (χ4v) is 1.40. The van der Waals surface area contributed by atoms with E-state index in [9.17, 15) is 4.79 Å². The number of amides is 1. The first-order chi connectivity index (χ1) is 7.65. The molecule has 1 rings (SSSR count).